The van der Waals surface area contributed by atoms with E-state index in [9.17, 15) is 4.79 Å². The van der Waals surface area contributed by atoms with Crippen LogP contribution >= 0.6 is 0 Å². The van der Waals surface area contributed by atoms with E-state index in [1.807, 2.05) is 0 Å². The predicted molar refractivity (Wildman–Crippen MR) is 99.7 cm³/mol. The monoisotopic (exact) mass is 328 g/mol. The first kappa shape index (κ1) is 16.9. The Bertz CT molecular complexity index is 546. The standard InChI is InChI=1S/C23H36O/c1-4-5-8-17-11-13-19-18-12-10-16-9-6-7-14-22(16,2)20(18)15-21(24)23(17,19)3/h15-19H,4-14H2,1-3H3. The lowest BCUT2D eigenvalue weighted by Crippen LogP contribution is -2.50. The summed E-state index contributed by atoms with van der Waals surface area (Å²) in [7, 11) is 0. The average molecular weight is 329 g/mol. The van der Waals surface area contributed by atoms with Gasteiger partial charge < -0.3 is 0 Å². The fourth-order valence-electron chi connectivity index (χ4n) is 7.38. The van der Waals surface area contributed by atoms with Crippen molar-refractivity contribution < 1.29 is 4.79 Å². The topological polar surface area (TPSA) is 17.1 Å². The number of carbonyl (C=O) groups excluding carboxylic acids is 1. The first-order valence-corrected chi connectivity index (χ1v) is 10.8. The van der Waals surface area contributed by atoms with Gasteiger partial charge >= 0.3 is 0 Å². The number of hydrogen-bond donors (Lipinski definition) is 0. The fraction of sp³-hybridized carbons (Fsp3) is 0.870. The van der Waals surface area contributed by atoms with Crippen molar-refractivity contribution in [1.29, 1.82) is 0 Å². The van der Waals surface area contributed by atoms with Gasteiger partial charge in [0.2, 0.25) is 0 Å². The molecule has 0 aromatic heterocycles. The smallest absolute Gasteiger partial charge is 0.162 e. The van der Waals surface area contributed by atoms with E-state index >= 15 is 0 Å². The molecule has 6 unspecified atom stereocenters. The van der Waals surface area contributed by atoms with Crippen molar-refractivity contribution in [3.05, 3.63) is 11.6 Å². The SMILES string of the molecule is CCCCC1CCC2C3CCC4CCCCC4(C)C3=CC(=O)C12C. The number of carbonyl (C=O) groups is 1. The predicted octanol–water partition coefficient (Wildman–Crippen LogP) is 6.32. The van der Waals surface area contributed by atoms with E-state index in [0.717, 1.165) is 11.8 Å². The maximum Gasteiger partial charge on any atom is 0.162 e. The minimum absolute atomic E-state index is 0.0405. The normalized spacial score (nSPS) is 47.6. The quantitative estimate of drug-likeness (QED) is 0.592. The zero-order chi connectivity index (χ0) is 16.9. The Morgan fingerprint density at radius 2 is 1.92 bits per heavy atom. The fourth-order valence-corrected chi connectivity index (χ4v) is 7.38. The van der Waals surface area contributed by atoms with Crippen LogP contribution in [0.3, 0.4) is 0 Å². The molecule has 1 nitrogen and oxygen atoms in total. The van der Waals surface area contributed by atoms with Crippen molar-refractivity contribution in [2.45, 2.75) is 91.4 Å². The highest BCUT2D eigenvalue weighted by atomic mass is 16.1. The zero-order valence-electron chi connectivity index (χ0n) is 16.1. The first-order valence-electron chi connectivity index (χ1n) is 10.8. The first-order chi connectivity index (χ1) is 11.5. The van der Waals surface area contributed by atoms with Gasteiger partial charge in [-0.1, -0.05) is 52.0 Å². The Hall–Kier alpha value is -0.590. The van der Waals surface area contributed by atoms with Crippen molar-refractivity contribution in [2.75, 3.05) is 0 Å². The minimum Gasteiger partial charge on any atom is -0.294 e. The van der Waals surface area contributed by atoms with Gasteiger partial charge in [0.05, 0.1) is 0 Å². The van der Waals surface area contributed by atoms with E-state index < -0.39 is 0 Å². The summed E-state index contributed by atoms with van der Waals surface area (Å²) in [4.78, 5) is 13.4. The molecule has 0 amide bonds. The highest BCUT2D eigenvalue weighted by molar-refractivity contribution is 5.97. The van der Waals surface area contributed by atoms with Crippen LogP contribution in [0, 0.1) is 34.5 Å². The summed E-state index contributed by atoms with van der Waals surface area (Å²) < 4.78 is 0. The van der Waals surface area contributed by atoms with Crippen LogP contribution in [0.5, 0.6) is 0 Å². The van der Waals surface area contributed by atoms with Gasteiger partial charge in [0.1, 0.15) is 0 Å². The van der Waals surface area contributed by atoms with Gasteiger partial charge in [0.15, 0.2) is 5.78 Å². The van der Waals surface area contributed by atoms with Gasteiger partial charge in [-0.2, -0.15) is 0 Å². The lowest BCUT2D eigenvalue weighted by molar-refractivity contribution is -0.131. The van der Waals surface area contributed by atoms with Crippen LogP contribution in [0.15, 0.2) is 11.6 Å². The van der Waals surface area contributed by atoms with Gasteiger partial charge in [-0.25, -0.2) is 0 Å². The molecule has 24 heavy (non-hydrogen) atoms. The summed E-state index contributed by atoms with van der Waals surface area (Å²) in [5, 5.41) is 0. The van der Waals surface area contributed by atoms with E-state index in [1.165, 1.54) is 70.6 Å². The molecule has 0 radical (unpaired) electrons. The van der Waals surface area contributed by atoms with Crippen LogP contribution in [0.25, 0.3) is 0 Å². The van der Waals surface area contributed by atoms with Crippen LogP contribution in [-0.2, 0) is 4.79 Å². The van der Waals surface area contributed by atoms with Crippen molar-refractivity contribution >= 4 is 5.78 Å². The Balaban J connectivity index is 1.69. The summed E-state index contributed by atoms with van der Waals surface area (Å²) >= 11 is 0. The second-order valence-electron chi connectivity index (χ2n) is 9.81. The Morgan fingerprint density at radius 1 is 1.08 bits per heavy atom. The molecule has 4 aliphatic rings. The summed E-state index contributed by atoms with van der Waals surface area (Å²) in [6.07, 6.45) is 16.9. The van der Waals surface area contributed by atoms with Gasteiger partial charge in [0, 0.05) is 5.41 Å². The molecule has 0 aromatic rings. The summed E-state index contributed by atoms with van der Waals surface area (Å²) in [6, 6.07) is 0. The van der Waals surface area contributed by atoms with Gasteiger partial charge in [-0.15, -0.1) is 0 Å². The van der Waals surface area contributed by atoms with Gasteiger partial charge in [0.25, 0.3) is 0 Å². The van der Waals surface area contributed by atoms with Crippen LogP contribution in [0.4, 0.5) is 0 Å². The molecule has 3 saturated carbocycles. The molecular weight excluding hydrogens is 292 g/mol. The number of fused-ring (bicyclic) bond motifs is 5. The van der Waals surface area contributed by atoms with Crippen molar-refractivity contribution in [1.82, 2.24) is 0 Å². The van der Waals surface area contributed by atoms with Crippen molar-refractivity contribution in [3.63, 3.8) is 0 Å². The highest BCUT2D eigenvalue weighted by Crippen LogP contribution is 2.64. The average Bonchev–Trinajstić information content (AvgIpc) is 2.91. The molecule has 0 spiro atoms. The second kappa shape index (κ2) is 5.99. The molecule has 0 aromatic carbocycles. The number of ketones is 1. The molecule has 3 fully saturated rings. The summed E-state index contributed by atoms with van der Waals surface area (Å²) in [6.45, 7) is 7.13. The molecule has 6 atom stereocenters. The third-order valence-electron chi connectivity index (χ3n) is 8.94. The molecule has 134 valence electrons. The van der Waals surface area contributed by atoms with Crippen molar-refractivity contribution in [3.8, 4) is 0 Å². The lowest BCUT2D eigenvalue weighted by atomic mass is 9.48. The maximum atomic E-state index is 13.4. The molecule has 0 saturated heterocycles. The molecule has 0 aliphatic heterocycles. The number of rotatable bonds is 3. The zero-order valence-corrected chi connectivity index (χ0v) is 16.1. The third-order valence-corrected chi connectivity index (χ3v) is 8.94. The second-order valence-corrected chi connectivity index (χ2v) is 9.81. The van der Waals surface area contributed by atoms with E-state index in [0.29, 0.717) is 23.0 Å². The molecule has 1 heteroatoms. The molecule has 0 heterocycles. The molecule has 0 bridgehead atoms. The number of allylic oxidation sites excluding steroid dienone is 2. The molecule has 0 N–H and O–H groups in total. The van der Waals surface area contributed by atoms with Gasteiger partial charge in [-0.05, 0) is 80.1 Å². The third kappa shape index (κ3) is 2.22. The highest BCUT2D eigenvalue weighted by Gasteiger charge is 2.59. The number of unbranched alkanes of at least 4 members (excludes halogenated alkanes) is 1. The van der Waals surface area contributed by atoms with E-state index in [4.69, 9.17) is 0 Å². The van der Waals surface area contributed by atoms with Crippen LogP contribution < -0.4 is 0 Å². The molecule has 4 rings (SSSR count). The van der Waals surface area contributed by atoms with Crippen LogP contribution in [0.1, 0.15) is 91.4 Å². The minimum atomic E-state index is -0.0405. The van der Waals surface area contributed by atoms with Gasteiger partial charge in [-0.3, -0.25) is 4.79 Å². The summed E-state index contributed by atoms with van der Waals surface area (Å²) in [5.74, 6) is 3.36. The maximum absolute atomic E-state index is 13.4. The van der Waals surface area contributed by atoms with E-state index in [1.54, 1.807) is 5.57 Å². The van der Waals surface area contributed by atoms with E-state index in [2.05, 4.69) is 26.8 Å². The van der Waals surface area contributed by atoms with Crippen molar-refractivity contribution in [2.24, 2.45) is 34.5 Å². The molecule has 4 aliphatic carbocycles. The number of hydrogen-bond acceptors (Lipinski definition) is 1. The van der Waals surface area contributed by atoms with Crippen LogP contribution in [-0.4, -0.2) is 5.78 Å². The molecular formula is C23H36O. The summed E-state index contributed by atoms with van der Waals surface area (Å²) in [5.41, 5.74) is 1.91. The lowest BCUT2D eigenvalue weighted by Gasteiger charge is -2.55. The van der Waals surface area contributed by atoms with E-state index in [-0.39, 0.29) is 5.41 Å². The Morgan fingerprint density at radius 3 is 2.71 bits per heavy atom. The van der Waals surface area contributed by atoms with Crippen LogP contribution in [0.2, 0.25) is 0 Å². The Kier molecular flexibility index (Phi) is 4.21. The Labute approximate surface area is 148 Å². The largest absolute Gasteiger partial charge is 0.294 e.